The summed E-state index contributed by atoms with van der Waals surface area (Å²) < 4.78 is 0. The van der Waals surface area contributed by atoms with E-state index in [0.29, 0.717) is 26.2 Å². The Bertz CT molecular complexity index is 226. The van der Waals surface area contributed by atoms with Crippen molar-refractivity contribution >= 4 is 12.0 Å². The van der Waals surface area contributed by atoms with Gasteiger partial charge in [-0.1, -0.05) is 0 Å². The van der Waals surface area contributed by atoms with Gasteiger partial charge in [-0.3, -0.25) is 4.79 Å². The molecule has 0 atom stereocenters. The standard InChI is InChI=1S/C8H15N3O3/c9-1-2-10-8(14)11-4-6(5-11)3-7(12)13/h6H,1-5,9H2,(H,10,14)(H,12,13). The molecule has 0 aromatic rings. The fourth-order valence-corrected chi connectivity index (χ4v) is 1.40. The van der Waals surface area contributed by atoms with E-state index in [0.717, 1.165) is 0 Å². The van der Waals surface area contributed by atoms with Crippen LogP contribution in [0.4, 0.5) is 4.79 Å². The average molecular weight is 201 g/mol. The van der Waals surface area contributed by atoms with Gasteiger partial charge in [-0.15, -0.1) is 0 Å². The first kappa shape index (κ1) is 10.8. The van der Waals surface area contributed by atoms with Crippen molar-refractivity contribution in [2.45, 2.75) is 6.42 Å². The van der Waals surface area contributed by atoms with E-state index < -0.39 is 5.97 Å². The van der Waals surface area contributed by atoms with Crippen LogP contribution in [-0.4, -0.2) is 48.2 Å². The number of nitrogens with two attached hydrogens (primary N) is 1. The first-order valence-electron chi connectivity index (χ1n) is 4.58. The second kappa shape index (κ2) is 4.80. The molecule has 0 aliphatic carbocycles. The Labute approximate surface area is 82.1 Å². The molecule has 2 amide bonds. The number of rotatable bonds is 4. The third-order valence-electron chi connectivity index (χ3n) is 2.13. The lowest BCUT2D eigenvalue weighted by molar-refractivity contribution is -0.139. The fraction of sp³-hybridized carbons (Fsp3) is 0.750. The molecule has 6 nitrogen and oxygen atoms in total. The molecular formula is C8H15N3O3. The monoisotopic (exact) mass is 201 g/mol. The maximum absolute atomic E-state index is 11.2. The Balaban J connectivity index is 2.14. The van der Waals surface area contributed by atoms with Crippen LogP contribution in [-0.2, 0) is 4.79 Å². The van der Waals surface area contributed by atoms with Crippen LogP contribution in [0.3, 0.4) is 0 Å². The van der Waals surface area contributed by atoms with Crippen molar-refractivity contribution in [2.24, 2.45) is 11.7 Å². The summed E-state index contributed by atoms with van der Waals surface area (Å²) in [5.74, 6) is -0.701. The van der Waals surface area contributed by atoms with Gasteiger partial charge in [-0.2, -0.15) is 0 Å². The number of urea groups is 1. The van der Waals surface area contributed by atoms with Gasteiger partial charge in [0.05, 0.1) is 6.42 Å². The van der Waals surface area contributed by atoms with Crippen LogP contribution in [0.15, 0.2) is 0 Å². The number of carboxylic acid groups (broad SMARTS) is 1. The van der Waals surface area contributed by atoms with Crippen molar-refractivity contribution in [1.82, 2.24) is 10.2 Å². The number of nitrogens with zero attached hydrogens (tertiary/aromatic N) is 1. The molecule has 0 saturated carbocycles. The summed E-state index contributed by atoms with van der Waals surface area (Å²) in [6.45, 7) is 1.93. The zero-order valence-electron chi connectivity index (χ0n) is 7.90. The minimum Gasteiger partial charge on any atom is -0.481 e. The Morgan fingerprint density at radius 1 is 1.50 bits per heavy atom. The lowest BCUT2D eigenvalue weighted by Gasteiger charge is -2.38. The highest BCUT2D eigenvalue weighted by atomic mass is 16.4. The summed E-state index contributed by atoms with van der Waals surface area (Å²) >= 11 is 0. The van der Waals surface area contributed by atoms with Crippen molar-refractivity contribution in [3.05, 3.63) is 0 Å². The molecule has 0 aromatic heterocycles. The molecule has 0 radical (unpaired) electrons. The van der Waals surface area contributed by atoms with Crippen molar-refractivity contribution in [2.75, 3.05) is 26.2 Å². The zero-order chi connectivity index (χ0) is 10.6. The van der Waals surface area contributed by atoms with E-state index in [1.54, 1.807) is 4.90 Å². The van der Waals surface area contributed by atoms with E-state index in [9.17, 15) is 9.59 Å². The number of nitrogens with one attached hydrogen (secondary N) is 1. The van der Waals surface area contributed by atoms with Crippen molar-refractivity contribution < 1.29 is 14.7 Å². The third kappa shape index (κ3) is 2.88. The van der Waals surface area contributed by atoms with E-state index in [1.807, 2.05) is 0 Å². The van der Waals surface area contributed by atoms with Gasteiger partial charge in [0, 0.05) is 32.1 Å². The molecule has 1 saturated heterocycles. The van der Waals surface area contributed by atoms with Gasteiger partial charge in [0.1, 0.15) is 0 Å². The molecule has 0 spiro atoms. The topological polar surface area (TPSA) is 95.7 Å². The highest BCUT2D eigenvalue weighted by molar-refractivity contribution is 5.75. The first-order chi connectivity index (χ1) is 6.63. The van der Waals surface area contributed by atoms with Crippen LogP contribution >= 0.6 is 0 Å². The maximum atomic E-state index is 11.2. The van der Waals surface area contributed by atoms with Crippen LogP contribution in [0.2, 0.25) is 0 Å². The van der Waals surface area contributed by atoms with Crippen LogP contribution < -0.4 is 11.1 Å². The molecule has 6 heteroatoms. The number of carbonyl (C=O) groups excluding carboxylic acids is 1. The number of hydrogen-bond donors (Lipinski definition) is 3. The normalized spacial score (nSPS) is 16.2. The summed E-state index contributed by atoms with van der Waals surface area (Å²) in [6.07, 6.45) is 0.140. The van der Waals surface area contributed by atoms with Crippen LogP contribution in [0.25, 0.3) is 0 Å². The molecule has 1 aliphatic heterocycles. The number of carbonyl (C=O) groups is 2. The van der Waals surface area contributed by atoms with E-state index in [1.165, 1.54) is 0 Å². The average Bonchev–Trinajstić information content (AvgIpc) is 2.06. The number of carboxylic acids is 1. The molecular weight excluding hydrogens is 186 g/mol. The third-order valence-corrected chi connectivity index (χ3v) is 2.13. The molecule has 4 N–H and O–H groups in total. The van der Waals surface area contributed by atoms with E-state index >= 15 is 0 Å². The molecule has 1 rings (SSSR count). The molecule has 0 aromatic carbocycles. The summed E-state index contributed by atoms with van der Waals surface area (Å²) in [7, 11) is 0. The number of likely N-dealkylation sites (tertiary alicyclic amines) is 1. The Hall–Kier alpha value is -1.30. The predicted molar refractivity (Wildman–Crippen MR) is 49.8 cm³/mol. The number of hydrogen-bond acceptors (Lipinski definition) is 3. The smallest absolute Gasteiger partial charge is 0.317 e. The Morgan fingerprint density at radius 3 is 2.64 bits per heavy atom. The number of amides is 2. The lowest BCUT2D eigenvalue weighted by Crippen LogP contribution is -2.54. The van der Waals surface area contributed by atoms with Crippen LogP contribution in [0, 0.1) is 5.92 Å². The molecule has 1 aliphatic rings. The highest BCUT2D eigenvalue weighted by Gasteiger charge is 2.31. The molecule has 0 unspecified atom stereocenters. The van der Waals surface area contributed by atoms with Crippen LogP contribution in [0.5, 0.6) is 0 Å². The van der Waals surface area contributed by atoms with Gasteiger partial charge in [-0.05, 0) is 0 Å². The zero-order valence-corrected chi connectivity index (χ0v) is 7.90. The van der Waals surface area contributed by atoms with Crippen molar-refractivity contribution in [1.29, 1.82) is 0 Å². The minimum absolute atomic E-state index is 0.108. The Morgan fingerprint density at radius 2 is 2.14 bits per heavy atom. The molecule has 80 valence electrons. The van der Waals surface area contributed by atoms with Gasteiger partial charge in [0.25, 0.3) is 0 Å². The lowest BCUT2D eigenvalue weighted by atomic mass is 9.97. The van der Waals surface area contributed by atoms with Crippen LogP contribution in [0.1, 0.15) is 6.42 Å². The summed E-state index contributed by atoms with van der Waals surface area (Å²) in [4.78, 5) is 23.1. The van der Waals surface area contributed by atoms with Crippen molar-refractivity contribution in [3.8, 4) is 0 Å². The van der Waals surface area contributed by atoms with E-state index in [2.05, 4.69) is 5.32 Å². The van der Waals surface area contributed by atoms with E-state index in [4.69, 9.17) is 10.8 Å². The Kier molecular flexibility index (Phi) is 3.70. The van der Waals surface area contributed by atoms with Gasteiger partial charge < -0.3 is 21.1 Å². The molecule has 1 fully saturated rings. The van der Waals surface area contributed by atoms with Gasteiger partial charge >= 0.3 is 12.0 Å². The maximum Gasteiger partial charge on any atom is 0.317 e. The van der Waals surface area contributed by atoms with E-state index in [-0.39, 0.29) is 18.4 Å². The quantitative estimate of drug-likeness (QED) is 0.547. The second-order valence-corrected chi connectivity index (χ2v) is 3.39. The number of aliphatic carboxylic acids is 1. The second-order valence-electron chi connectivity index (χ2n) is 3.39. The fourth-order valence-electron chi connectivity index (χ4n) is 1.40. The first-order valence-corrected chi connectivity index (χ1v) is 4.58. The summed E-state index contributed by atoms with van der Waals surface area (Å²) in [6, 6.07) is -0.155. The summed E-state index contributed by atoms with van der Waals surface area (Å²) in [5.41, 5.74) is 5.22. The van der Waals surface area contributed by atoms with Gasteiger partial charge in [-0.25, -0.2) is 4.79 Å². The SMILES string of the molecule is NCCNC(=O)N1CC(CC(=O)O)C1. The minimum atomic E-state index is -0.808. The highest BCUT2D eigenvalue weighted by Crippen LogP contribution is 2.18. The molecule has 1 heterocycles. The molecule has 14 heavy (non-hydrogen) atoms. The molecule has 0 bridgehead atoms. The van der Waals surface area contributed by atoms with Gasteiger partial charge in [0.15, 0.2) is 0 Å². The predicted octanol–water partition coefficient (Wildman–Crippen LogP) is -0.939. The van der Waals surface area contributed by atoms with Crippen molar-refractivity contribution in [3.63, 3.8) is 0 Å². The largest absolute Gasteiger partial charge is 0.481 e. The summed E-state index contributed by atoms with van der Waals surface area (Å²) in [5, 5.41) is 11.1. The van der Waals surface area contributed by atoms with Gasteiger partial charge in [0.2, 0.25) is 0 Å².